The summed E-state index contributed by atoms with van der Waals surface area (Å²) >= 11 is 3.17. The maximum Gasteiger partial charge on any atom is 0.238 e. The molecule has 1 aromatic heterocycles. The van der Waals surface area contributed by atoms with E-state index in [2.05, 4.69) is 56.4 Å². The first-order valence-corrected chi connectivity index (χ1v) is 6.06. The molecular formula is C13H9BrN2O. The minimum absolute atomic E-state index is 0.494. The molecule has 1 heterocycles. The van der Waals surface area contributed by atoms with Crippen molar-refractivity contribution >= 4 is 26.7 Å². The summed E-state index contributed by atoms with van der Waals surface area (Å²) in [6.45, 7) is 0. The van der Waals surface area contributed by atoms with Crippen molar-refractivity contribution in [2.75, 3.05) is 0 Å². The molecule has 0 aliphatic heterocycles. The summed E-state index contributed by atoms with van der Waals surface area (Å²) in [5, 5.41) is 6.17. The molecule has 0 aliphatic carbocycles. The van der Waals surface area contributed by atoms with Crippen LogP contribution in [0.5, 0.6) is 0 Å². The van der Waals surface area contributed by atoms with E-state index in [1.165, 1.54) is 16.3 Å². The zero-order chi connectivity index (χ0) is 11.7. The van der Waals surface area contributed by atoms with Crippen LogP contribution < -0.4 is 0 Å². The highest BCUT2D eigenvalue weighted by Crippen LogP contribution is 2.18. The third-order valence-electron chi connectivity index (χ3n) is 2.61. The van der Waals surface area contributed by atoms with Crippen molar-refractivity contribution in [1.82, 2.24) is 10.1 Å². The molecule has 3 rings (SSSR count). The monoisotopic (exact) mass is 288 g/mol. The summed E-state index contributed by atoms with van der Waals surface area (Å²) in [6, 6.07) is 14.6. The van der Waals surface area contributed by atoms with Crippen molar-refractivity contribution in [3.05, 3.63) is 58.7 Å². The van der Waals surface area contributed by atoms with Crippen LogP contribution in [0, 0.1) is 0 Å². The molecule has 0 saturated heterocycles. The van der Waals surface area contributed by atoms with Crippen LogP contribution in [-0.2, 0) is 6.42 Å². The van der Waals surface area contributed by atoms with Crippen LogP contribution in [0.25, 0.3) is 10.8 Å². The Morgan fingerprint density at radius 1 is 1.06 bits per heavy atom. The number of rotatable bonds is 2. The summed E-state index contributed by atoms with van der Waals surface area (Å²) in [7, 11) is 0. The van der Waals surface area contributed by atoms with Crippen molar-refractivity contribution < 1.29 is 4.52 Å². The Bertz CT molecular complexity index is 663. The van der Waals surface area contributed by atoms with E-state index in [1.54, 1.807) is 0 Å². The maximum absolute atomic E-state index is 5.07. The number of hydrogen-bond donors (Lipinski definition) is 0. The summed E-state index contributed by atoms with van der Waals surface area (Å²) in [5.74, 6) is 0.618. The van der Waals surface area contributed by atoms with Crippen LogP contribution in [0.2, 0.25) is 0 Å². The van der Waals surface area contributed by atoms with E-state index in [0.29, 0.717) is 17.0 Å². The number of halogens is 1. The highest BCUT2D eigenvalue weighted by atomic mass is 79.9. The maximum atomic E-state index is 5.07. The predicted molar refractivity (Wildman–Crippen MR) is 68.8 cm³/mol. The van der Waals surface area contributed by atoms with Gasteiger partial charge in [0.25, 0.3) is 0 Å². The van der Waals surface area contributed by atoms with Gasteiger partial charge in [-0.25, -0.2) is 0 Å². The molecule has 3 aromatic rings. The predicted octanol–water partition coefficient (Wildman–Crippen LogP) is 3.58. The number of hydrogen-bond acceptors (Lipinski definition) is 3. The lowest BCUT2D eigenvalue weighted by atomic mass is 10.1. The summed E-state index contributed by atoms with van der Waals surface area (Å²) in [5.41, 5.74) is 1.17. The molecule has 0 aliphatic rings. The minimum Gasteiger partial charge on any atom is -0.338 e. The minimum atomic E-state index is 0.494. The fraction of sp³-hybridized carbons (Fsp3) is 0.0769. The van der Waals surface area contributed by atoms with Gasteiger partial charge in [-0.1, -0.05) is 42.5 Å². The third kappa shape index (κ3) is 2.22. The molecule has 0 N–H and O–H groups in total. The Labute approximate surface area is 107 Å². The zero-order valence-corrected chi connectivity index (χ0v) is 10.5. The third-order valence-corrected chi connectivity index (χ3v) is 2.93. The molecule has 3 nitrogen and oxygen atoms in total. The van der Waals surface area contributed by atoms with E-state index >= 15 is 0 Å². The van der Waals surface area contributed by atoms with Gasteiger partial charge in [0, 0.05) is 0 Å². The molecule has 0 radical (unpaired) electrons. The van der Waals surface area contributed by atoms with Gasteiger partial charge in [0.15, 0.2) is 0 Å². The quantitative estimate of drug-likeness (QED) is 0.724. The van der Waals surface area contributed by atoms with Crippen molar-refractivity contribution in [2.45, 2.75) is 6.42 Å². The average molecular weight is 289 g/mol. The van der Waals surface area contributed by atoms with Crippen LogP contribution in [0.15, 0.2) is 51.7 Å². The first-order valence-electron chi connectivity index (χ1n) is 5.27. The van der Waals surface area contributed by atoms with Crippen LogP contribution in [0.3, 0.4) is 0 Å². The number of aromatic nitrogens is 2. The molecule has 0 spiro atoms. The summed E-state index contributed by atoms with van der Waals surface area (Å²) in [6.07, 6.45) is 0.656. The van der Waals surface area contributed by atoms with Crippen LogP contribution in [-0.4, -0.2) is 10.1 Å². The Balaban J connectivity index is 1.95. The number of benzene rings is 2. The Morgan fingerprint density at radius 2 is 1.88 bits per heavy atom. The first kappa shape index (κ1) is 10.5. The molecule has 2 aromatic carbocycles. The van der Waals surface area contributed by atoms with Gasteiger partial charge in [0.05, 0.1) is 6.42 Å². The topological polar surface area (TPSA) is 38.9 Å². The normalized spacial score (nSPS) is 10.9. The van der Waals surface area contributed by atoms with Gasteiger partial charge in [0.1, 0.15) is 0 Å². The largest absolute Gasteiger partial charge is 0.338 e. The van der Waals surface area contributed by atoms with Gasteiger partial charge >= 0.3 is 0 Å². The van der Waals surface area contributed by atoms with Gasteiger partial charge in [-0.2, -0.15) is 4.98 Å². The molecule has 4 heteroatoms. The van der Waals surface area contributed by atoms with Crippen LogP contribution >= 0.6 is 15.9 Å². The fourth-order valence-electron chi connectivity index (χ4n) is 1.83. The van der Waals surface area contributed by atoms with Crippen molar-refractivity contribution in [2.24, 2.45) is 0 Å². The van der Waals surface area contributed by atoms with Crippen molar-refractivity contribution in [1.29, 1.82) is 0 Å². The fourth-order valence-corrected chi connectivity index (χ4v) is 2.10. The van der Waals surface area contributed by atoms with Crippen molar-refractivity contribution in [3.8, 4) is 0 Å². The van der Waals surface area contributed by atoms with E-state index in [-0.39, 0.29) is 0 Å². The molecule has 0 unspecified atom stereocenters. The molecule has 17 heavy (non-hydrogen) atoms. The average Bonchev–Trinajstić information content (AvgIpc) is 2.75. The molecule has 0 bridgehead atoms. The number of nitrogens with zero attached hydrogens (tertiary/aromatic N) is 2. The van der Waals surface area contributed by atoms with Gasteiger partial charge in [-0.05, 0) is 37.4 Å². The summed E-state index contributed by atoms with van der Waals surface area (Å²) in [4.78, 5) is 4.12. The van der Waals surface area contributed by atoms with E-state index in [4.69, 9.17) is 4.52 Å². The molecule has 84 valence electrons. The highest BCUT2D eigenvalue weighted by molar-refractivity contribution is 9.10. The highest BCUT2D eigenvalue weighted by Gasteiger charge is 2.05. The molecule has 0 atom stereocenters. The standard InChI is InChI=1S/C13H9BrN2O/c14-13-15-12(17-16-13)8-9-5-6-10-3-1-2-4-11(10)7-9/h1-7H,8H2. The first-order chi connectivity index (χ1) is 8.31. The Hall–Kier alpha value is -1.68. The molecular weight excluding hydrogens is 280 g/mol. The van der Waals surface area contributed by atoms with E-state index < -0.39 is 0 Å². The zero-order valence-electron chi connectivity index (χ0n) is 8.93. The lowest BCUT2D eigenvalue weighted by molar-refractivity contribution is 0.381. The molecule has 0 fully saturated rings. The Morgan fingerprint density at radius 3 is 2.65 bits per heavy atom. The lowest BCUT2D eigenvalue weighted by Crippen LogP contribution is -1.88. The van der Waals surface area contributed by atoms with Gasteiger partial charge in [-0.15, -0.1) is 0 Å². The number of fused-ring (bicyclic) bond motifs is 1. The molecule has 0 amide bonds. The summed E-state index contributed by atoms with van der Waals surface area (Å²) < 4.78 is 5.57. The van der Waals surface area contributed by atoms with Crippen LogP contribution in [0.1, 0.15) is 11.5 Å². The van der Waals surface area contributed by atoms with Gasteiger partial charge in [-0.3, -0.25) is 0 Å². The van der Waals surface area contributed by atoms with Crippen LogP contribution in [0.4, 0.5) is 0 Å². The second-order valence-electron chi connectivity index (χ2n) is 3.82. The van der Waals surface area contributed by atoms with Crippen molar-refractivity contribution in [3.63, 3.8) is 0 Å². The van der Waals surface area contributed by atoms with E-state index in [1.807, 2.05) is 12.1 Å². The second kappa shape index (κ2) is 4.30. The Kier molecular flexibility index (Phi) is 2.65. The molecule has 0 saturated carbocycles. The smallest absolute Gasteiger partial charge is 0.238 e. The second-order valence-corrected chi connectivity index (χ2v) is 4.52. The van der Waals surface area contributed by atoms with Gasteiger partial charge < -0.3 is 4.52 Å². The van der Waals surface area contributed by atoms with E-state index in [9.17, 15) is 0 Å². The SMILES string of the molecule is Brc1noc(Cc2ccc3ccccc3c2)n1. The van der Waals surface area contributed by atoms with E-state index in [0.717, 1.165) is 0 Å². The lowest BCUT2D eigenvalue weighted by Gasteiger charge is -2.00. The van der Waals surface area contributed by atoms with Gasteiger partial charge in [0.2, 0.25) is 10.6 Å².